The second-order valence-corrected chi connectivity index (χ2v) is 8.69. The van der Waals surface area contributed by atoms with E-state index in [0.717, 1.165) is 38.8 Å². The first kappa shape index (κ1) is 23.6. The van der Waals surface area contributed by atoms with Crippen LogP contribution < -0.4 is 5.43 Å². The van der Waals surface area contributed by atoms with E-state index in [1.165, 1.54) is 18.3 Å². The van der Waals surface area contributed by atoms with E-state index in [4.69, 9.17) is 0 Å². The second kappa shape index (κ2) is 9.87. The molecule has 0 aliphatic heterocycles. The molecule has 0 unspecified atom stereocenters. The Morgan fingerprint density at radius 1 is 0.973 bits per heavy atom. The molecule has 8 heteroatoms. The van der Waals surface area contributed by atoms with Crippen LogP contribution in [0, 0.1) is 24.0 Å². The Labute approximate surface area is 213 Å². The van der Waals surface area contributed by atoms with Crippen LogP contribution in [0.3, 0.4) is 0 Å². The average Bonchev–Trinajstić information content (AvgIpc) is 3.35. The van der Waals surface area contributed by atoms with Crippen molar-refractivity contribution in [2.75, 3.05) is 0 Å². The van der Waals surface area contributed by atoms with E-state index in [1.807, 2.05) is 80.6 Å². The summed E-state index contributed by atoms with van der Waals surface area (Å²) >= 11 is 0. The Hall–Kier alpha value is -5.11. The summed E-state index contributed by atoms with van der Waals surface area (Å²) in [5.41, 5.74) is 7.60. The lowest BCUT2D eigenvalue weighted by molar-refractivity contribution is -0.384. The number of non-ortho nitro benzene ring substituents is 1. The van der Waals surface area contributed by atoms with Gasteiger partial charge in [0.2, 0.25) is 0 Å². The highest BCUT2D eigenvalue weighted by molar-refractivity contribution is 5.99. The first-order chi connectivity index (χ1) is 17.9. The highest BCUT2D eigenvalue weighted by Crippen LogP contribution is 2.31. The van der Waals surface area contributed by atoms with Crippen LogP contribution >= 0.6 is 0 Å². The number of nitrogens with one attached hydrogen (secondary N) is 1. The largest absolute Gasteiger partial charge is 0.291 e. The summed E-state index contributed by atoms with van der Waals surface area (Å²) in [4.78, 5) is 23.7. The molecular weight excluding hydrogens is 466 g/mol. The number of carbonyl (C=O) groups is 1. The summed E-state index contributed by atoms with van der Waals surface area (Å²) in [5, 5.41) is 21.9. The molecule has 0 spiro atoms. The maximum absolute atomic E-state index is 13.0. The van der Waals surface area contributed by atoms with E-state index >= 15 is 0 Å². The molecule has 5 aromatic rings. The molecule has 0 bridgehead atoms. The molecule has 1 N–H and O–H groups in total. The first-order valence-corrected chi connectivity index (χ1v) is 11.6. The zero-order valence-corrected chi connectivity index (χ0v) is 20.3. The Bertz CT molecular complexity index is 1680. The van der Waals surface area contributed by atoms with Crippen molar-refractivity contribution in [2.45, 2.75) is 13.8 Å². The topological polar surface area (TPSA) is 102 Å². The van der Waals surface area contributed by atoms with Crippen LogP contribution in [-0.2, 0) is 0 Å². The van der Waals surface area contributed by atoms with Gasteiger partial charge in [0.15, 0.2) is 5.69 Å². The first-order valence-electron chi connectivity index (χ1n) is 11.6. The summed E-state index contributed by atoms with van der Waals surface area (Å²) in [6, 6.07) is 28.2. The normalized spacial score (nSPS) is 11.2. The highest BCUT2D eigenvalue weighted by Gasteiger charge is 2.18. The predicted octanol–water partition coefficient (Wildman–Crippen LogP) is 5.98. The molecule has 0 fully saturated rings. The van der Waals surface area contributed by atoms with Gasteiger partial charge >= 0.3 is 0 Å². The molecule has 4 aromatic carbocycles. The van der Waals surface area contributed by atoms with Crippen LogP contribution in [-0.4, -0.2) is 26.8 Å². The van der Waals surface area contributed by atoms with Gasteiger partial charge in [-0.3, -0.25) is 14.9 Å². The van der Waals surface area contributed by atoms with Gasteiger partial charge < -0.3 is 0 Å². The summed E-state index contributed by atoms with van der Waals surface area (Å²) in [7, 11) is 0. The molecule has 0 saturated heterocycles. The van der Waals surface area contributed by atoms with Crippen molar-refractivity contribution < 1.29 is 9.72 Å². The molecule has 1 heterocycles. The number of hydrogen-bond donors (Lipinski definition) is 1. The van der Waals surface area contributed by atoms with Crippen molar-refractivity contribution in [1.29, 1.82) is 0 Å². The summed E-state index contributed by atoms with van der Waals surface area (Å²) in [6.07, 6.45) is 1.39. The van der Waals surface area contributed by atoms with Crippen LogP contribution in [0.25, 0.3) is 27.7 Å². The Morgan fingerprint density at radius 2 is 1.76 bits per heavy atom. The van der Waals surface area contributed by atoms with Gasteiger partial charge in [0.1, 0.15) is 0 Å². The summed E-state index contributed by atoms with van der Waals surface area (Å²) < 4.78 is 1.76. The minimum absolute atomic E-state index is 0.0463. The lowest BCUT2D eigenvalue weighted by atomic mass is 10.0. The van der Waals surface area contributed by atoms with Gasteiger partial charge in [-0.1, -0.05) is 60.7 Å². The molecule has 0 atom stereocenters. The molecule has 37 heavy (non-hydrogen) atoms. The van der Waals surface area contributed by atoms with Gasteiger partial charge in [-0.25, -0.2) is 10.1 Å². The van der Waals surface area contributed by atoms with E-state index in [9.17, 15) is 14.9 Å². The van der Waals surface area contributed by atoms with Crippen molar-refractivity contribution in [3.05, 3.63) is 123 Å². The quantitative estimate of drug-likeness (QED) is 0.180. The molecular formula is C29H23N5O3. The van der Waals surface area contributed by atoms with E-state index in [-0.39, 0.29) is 11.4 Å². The lowest BCUT2D eigenvalue weighted by Gasteiger charge is -2.10. The standard InChI is InChI=1S/C29H23N5O3/c1-19-7-5-10-23(15-19)33-28(26-12-6-9-21-8-3-4-11-25(21)26)17-27(32-33)29(35)31-30-18-22-16-24(34(36)37)14-13-20(22)2/h3-18H,1-2H3,(H,31,35)/b30-18-. The van der Waals surface area contributed by atoms with Gasteiger partial charge in [0, 0.05) is 23.3 Å². The third-order valence-corrected chi connectivity index (χ3v) is 6.10. The zero-order chi connectivity index (χ0) is 25.9. The zero-order valence-electron chi connectivity index (χ0n) is 20.3. The average molecular weight is 490 g/mol. The predicted molar refractivity (Wildman–Crippen MR) is 144 cm³/mol. The Kier molecular flexibility index (Phi) is 6.30. The minimum atomic E-state index is -0.493. The third kappa shape index (κ3) is 4.85. The maximum atomic E-state index is 13.0. The van der Waals surface area contributed by atoms with Crippen molar-refractivity contribution in [3.8, 4) is 16.9 Å². The number of hydrogen-bond acceptors (Lipinski definition) is 5. The maximum Gasteiger partial charge on any atom is 0.291 e. The van der Waals surface area contributed by atoms with Crippen LogP contribution in [0.4, 0.5) is 5.69 Å². The molecule has 8 nitrogen and oxygen atoms in total. The van der Waals surface area contributed by atoms with Crippen LogP contribution in [0.5, 0.6) is 0 Å². The van der Waals surface area contributed by atoms with Crippen LogP contribution in [0.2, 0.25) is 0 Å². The van der Waals surface area contributed by atoms with Gasteiger partial charge in [0.05, 0.1) is 22.5 Å². The number of aryl methyl sites for hydroxylation is 2. The van der Waals surface area contributed by atoms with E-state index in [1.54, 1.807) is 16.8 Å². The molecule has 1 aromatic heterocycles. The monoisotopic (exact) mass is 489 g/mol. The molecule has 5 rings (SSSR count). The van der Waals surface area contributed by atoms with Gasteiger partial charge in [0.25, 0.3) is 11.6 Å². The third-order valence-electron chi connectivity index (χ3n) is 6.10. The fraction of sp³-hybridized carbons (Fsp3) is 0.0690. The fourth-order valence-corrected chi connectivity index (χ4v) is 4.19. The number of fused-ring (bicyclic) bond motifs is 1. The number of amides is 1. The minimum Gasteiger partial charge on any atom is -0.265 e. The molecule has 0 saturated carbocycles. The number of nitro groups is 1. The van der Waals surface area contributed by atoms with Crippen LogP contribution in [0.15, 0.2) is 96.1 Å². The second-order valence-electron chi connectivity index (χ2n) is 8.69. The molecule has 1 amide bonds. The fourth-order valence-electron chi connectivity index (χ4n) is 4.19. The number of rotatable bonds is 6. The highest BCUT2D eigenvalue weighted by atomic mass is 16.6. The number of nitro benzene ring substituents is 1. The number of carbonyl (C=O) groups excluding carboxylic acids is 1. The Balaban J connectivity index is 1.52. The van der Waals surface area contributed by atoms with E-state index < -0.39 is 10.8 Å². The lowest BCUT2D eigenvalue weighted by Crippen LogP contribution is -2.18. The van der Waals surface area contributed by atoms with Crippen LogP contribution in [0.1, 0.15) is 27.2 Å². The van der Waals surface area contributed by atoms with Crippen molar-refractivity contribution >= 4 is 28.6 Å². The van der Waals surface area contributed by atoms with E-state index in [0.29, 0.717) is 5.56 Å². The van der Waals surface area contributed by atoms with Crippen molar-refractivity contribution in [2.24, 2.45) is 5.10 Å². The van der Waals surface area contributed by atoms with Gasteiger partial charge in [-0.05, 0) is 53.9 Å². The van der Waals surface area contributed by atoms with Crippen molar-refractivity contribution in [3.63, 3.8) is 0 Å². The molecule has 0 aliphatic carbocycles. The van der Waals surface area contributed by atoms with Gasteiger partial charge in [-0.15, -0.1) is 0 Å². The van der Waals surface area contributed by atoms with Gasteiger partial charge in [-0.2, -0.15) is 10.2 Å². The van der Waals surface area contributed by atoms with Crippen molar-refractivity contribution in [1.82, 2.24) is 15.2 Å². The number of aromatic nitrogens is 2. The summed E-state index contributed by atoms with van der Waals surface area (Å²) in [6.45, 7) is 3.82. The Morgan fingerprint density at radius 3 is 2.57 bits per heavy atom. The molecule has 0 radical (unpaired) electrons. The molecule has 182 valence electrons. The van der Waals surface area contributed by atoms with E-state index in [2.05, 4.69) is 15.6 Å². The number of benzene rings is 4. The number of hydrazone groups is 1. The SMILES string of the molecule is Cc1cccc(-n2nc(C(=O)N/N=C\c3cc([N+](=O)[O-])ccc3C)cc2-c2cccc3ccccc23)c1. The molecule has 0 aliphatic rings. The number of nitrogens with zero attached hydrogens (tertiary/aromatic N) is 4. The smallest absolute Gasteiger partial charge is 0.265 e. The summed E-state index contributed by atoms with van der Waals surface area (Å²) in [5.74, 6) is -0.493.